The second-order valence-corrected chi connectivity index (χ2v) is 6.06. The van der Waals surface area contributed by atoms with Crippen molar-refractivity contribution in [3.8, 4) is 0 Å². The number of anilines is 2. The van der Waals surface area contributed by atoms with Gasteiger partial charge >= 0.3 is 6.03 Å². The zero-order valence-corrected chi connectivity index (χ0v) is 11.7. The van der Waals surface area contributed by atoms with Gasteiger partial charge in [0.15, 0.2) is 0 Å². The first kappa shape index (κ1) is 11.8. The van der Waals surface area contributed by atoms with Crippen molar-refractivity contribution in [2.45, 2.75) is 6.04 Å². The summed E-state index contributed by atoms with van der Waals surface area (Å²) in [6.45, 7) is 3.08. The molecule has 20 heavy (non-hydrogen) atoms. The van der Waals surface area contributed by atoms with Crippen molar-refractivity contribution in [1.29, 1.82) is 0 Å². The van der Waals surface area contributed by atoms with E-state index in [2.05, 4.69) is 27.3 Å². The first-order chi connectivity index (χ1) is 9.74. The second kappa shape index (κ2) is 4.24. The lowest BCUT2D eigenvalue weighted by atomic mass is 10.1. The minimum Gasteiger partial charge on any atom is -0.395 e. The highest BCUT2D eigenvalue weighted by atomic mass is 32.1. The van der Waals surface area contributed by atoms with Crippen LogP contribution in [0.3, 0.4) is 0 Å². The normalized spacial score (nSPS) is 22.2. The number of amides is 2. The Labute approximate surface area is 120 Å². The number of thiazole rings is 1. The average Bonchev–Trinajstić information content (AvgIpc) is 3.07. The van der Waals surface area contributed by atoms with Crippen LogP contribution in [0.4, 0.5) is 16.2 Å². The molecule has 104 valence electrons. The van der Waals surface area contributed by atoms with E-state index in [9.17, 15) is 4.79 Å². The van der Waals surface area contributed by atoms with Gasteiger partial charge < -0.3 is 20.9 Å². The van der Waals surface area contributed by atoms with Crippen molar-refractivity contribution < 1.29 is 4.79 Å². The molecule has 6 nitrogen and oxygen atoms in total. The number of carbonyl (C=O) groups is 1. The molecule has 1 aromatic carbocycles. The van der Waals surface area contributed by atoms with Gasteiger partial charge in [-0.1, -0.05) is 0 Å². The Bertz CT molecular complexity index is 684. The molecule has 2 aliphatic heterocycles. The Kier molecular flexibility index (Phi) is 2.50. The highest BCUT2D eigenvalue weighted by Gasteiger charge is 2.35. The number of nitrogens with two attached hydrogens (primary N) is 1. The minimum atomic E-state index is 0.0533. The van der Waals surface area contributed by atoms with Gasteiger partial charge in [0, 0.05) is 26.2 Å². The molecule has 0 aliphatic carbocycles. The maximum absolute atomic E-state index is 11.6. The van der Waals surface area contributed by atoms with Gasteiger partial charge in [0.2, 0.25) is 0 Å². The summed E-state index contributed by atoms with van der Waals surface area (Å²) in [6.07, 6.45) is 0. The summed E-state index contributed by atoms with van der Waals surface area (Å²) in [7, 11) is 0. The fourth-order valence-electron chi connectivity index (χ4n) is 3.04. The van der Waals surface area contributed by atoms with Crippen LogP contribution in [0, 0.1) is 0 Å². The van der Waals surface area contributed by atoms with E-state index in [0.29, 0.717) is 6.54 Å². The van der Waals surface area contributed by atoms with Gasteiger partial charge in [-0.25, -0.2) is 9.78 Å². The number of benzene rings is 1. The van der Waals surface area contributed by atoms with E-state index >= 15 is 0 Å². The van der Waals surface area contributed by atoms with Gasteiger partial charge in [-0.3, -0.25) is 0 Å². The molecule has 2 aromatic rings. The highest BCUT2D eigenvalue weighted by molar-refractivity contribution is 7.16. The van der Waals surface area contributed by atoms with Crippen molar-refractivity contribution in [1.82, 2.24) is 15.2 Å². The van der Waals surface area contributed by atoms with E-state index in [1.807, 2.05) is 10.4 Å². The highest BCUT2D eigenvalue weighted by Crippen LogP contribution is 2.33. The molecule has 7 heteroatoms. The summed E-state index contributed by atoms with van der Waals surface area (Å²) in [5.41, 5.74) is 10.7. The number of urea groups is 1. The quantitative estimate of drug-likeness (QED) is 0.771. The number of hydrogen-bond acceptors (Lipinski definition) is 5. The van der Waals surface area contributed by atoms with Crippen LogP contribution < -0.4 is 16.0 Å². The fourth-order valence-corrected chi connectivity index (χ4v) is 3.73. The largest absolute Gasteiger partial charge is 0.395 e. The van der Waals surface area contributed by atoms with E-state index in [0.717, 1.165) is 41.2 Å². The molecule has 1 atom stereocenters. The number of piperazine rings is 1. The lowest BCUT2D eigenvalue weighted by molar-refractivity contribution is 0.198. The van der Waals surface area contributed by atoms with Crippen molar-refractivity contribution in [3.63, 3.8) is 0 Å². The van der Waals surface area contributed by atoms with Crippen LogP contribution in [0.15, 0.2) is 17.6 Å². The molecule has 4 rings (SSSR count). The maximum atomic E-state index is 11.6. The SMILES string of the molecule is Nc1c(N2CCN3C(=O)NCC3C2)ccc2scnc12. The third-order valence-electron chi connectivity index (χ3n) is 4.09. The zero-order chi connectivity index (χ0) is 13.7. The summed E-state index contributed by atoms with van der Waals surface area (Å²) in [4.78, 5) is 20.1. The molecule has 1 unspecified atom stereocenters. The van der Waals surface area contributed by atoms with Gasteiger partial charge in [-0.2, -0.15) is 0 Å². The van der Waals surface area contributed by atoms with Crippen molar-refractivity contribution in [2.75, 3.05) is 36.8 Å². The summed E-state index contributed by atoms with van der Waals surface area (Å²) in [6, 6.07) is 4.43. The van der Waals surface area contributed by atoms with Crippen molar-refractivity contribution in [2.24, 2.45) is 0 Å². The topological polar surface area (TPSA) is 74.5 Å². The van der Waals surface area contributed by atoms with Gasteiger partial charge in [0.25, 0.3) is 0 Å². The monoisotopic (exact) mass is 289 g/mol. The number of carbonyl (C=O) groups excluding carboxylic acids is 1. The Balaban J connectivity index is 1.66. The Morgan fingerprint density at radius 1 is 1.40 bits per heavy atom. The molecule has 2 saturated heterocycles. The number of rotatable bonds is 1. The summed E-state index contributed by atoms with van der Waals surface area (Å²) < 4.78 is 1.11. The van der Waals surface area contributed by atoms with Crippen molar-refractivity contribution >= 4 is 39.0 Å². The van der Waals surface area contributed by atoms with E-state index in [1.54, 1.807) is 11.3 Å². The van der Waals surface area contributed by atoms with E-state index in [1.165, 1.54) is 0 Å². The Morgan fingerprint density at radius 3 is 3.20 bits per heavy atom. The zero-order valence-electron chi connectivity index (χ0n) is 10.9. The van der Waals surface area contributed by atoms with Crippen LogP contribution in [-0.4, -0.2) is 48.1 Å². The first-order valence-electron chi connectivity index (χ1n) is 6.65. The standard InChI is InChI=1S/C13H15N5OS/c14-11-9(1-2-10-12(11)16-7-20-10)17-3-4-18-8(6-17)5-15-13(18)19/h1-2,7-8H,3-6,14H2,(H,15,19). The number of aromatic nitrogens is 1. The molecule has 3 N–H and O–H groups in total. The minimum absolute atomic E-state index is 0.0533. The predicted octanol–water partition coefficient (Wildman–Crippen LogP) is 1.09. The molecule has 0 spiro atoms. The van der Waals surface area contributed by atoms with Crippen LogP contribution in [0.2, 0.25) is 0 Å². The van der Waals surface area contributed by atoms with Crippen LogP contribution >= 0.6 is 11.3 Å². The number of hydrogen-bond donors (Lipinski definition) is 2. The molecule has 1 aromatic heterocycles. The molecule has 2 aliphatic rings. The smallest absolute Gasteiger partial charge is 0.317 e. The number of nitrogens with one attached hydrogen (secondary N) is 1. The molecule has 0 bridgehead atoms. The number of nitrogen functional groups attached to an aromatic ring is 1. The van der Waals surface area contributed by atoms with Crippen LogP contribution in [0.1, 0.15) is 0 Å². The molecule has 2 amide bonds. The molecular formula is C13H15N5OS. The fraction of sp³-hybridized carbons (Fsp3) is 0.385. The summed E-state index contributed by atoms with van der Waals surface area (Å²) >= 11 is 1.60. The molecule has 0 saturated carbocycles. The van der Waals surface area contributed by atoms with E-state index < -0.39 is 0 Å². The average molecular weight is 289 g/mol. The van der Waals surface area contributed by atoms with Gasteiger partial charge in [-0.05, 0) is 12.1 Å². The third kappa shape index (κ3) is 1.62. The van der Waals surface area contributed by atoms with Crippen LogP contribution in [0.5, 0.6) is 0 Å². The maximum Gasteiger partial charge on any atom is 0.317 e. The van der Waals surface area contributed by atoms with Gasteiger partial charge in [0.1, 0.15) is 5.52 Å². The Hall–Kier alpha value is -2.02. The second-order valence-electron chi connectivity index (χ2n) is 5.18. The predicted molar refractivity (Wildman–Crippen MR) is 80.1 cm³/mol. The summed E-state index contributed by atoms with van der Waals surface area (Å²) in [5, 5.41) is 2.89. The lowest BCUT2D eigenvalue weighted by Gasteiger charge is -2.38. The molecular weight excluding hydrogens is 274 g/mol. The van der Waals surface area contributed by atoms with E-state index in [4.69, 9.17) is 5.73 Å². The van der Waals surface area contributed by atoms with Gasteiger partial charge in [-0.15, -0.1) is 11.3 Å². The first-order valence-corrected chi connectivity index (χ1v) is 7.53. The lowest BCUT2D eigenvalue weighted by Crippen LogP contribution is -2.52. The molecule has 3 heterocycles. The molecule has 2 fully saturated rings. The van der Waals surface area contributed by atoms with Crippen LogP contribution in [-0.2, 0) is 0 Å². The number of nitrogens with zero attached hydrogens (tertiary/aromatic N) is 3. The summed E-state index contributed by atoms with van der Waals surface area (Å²) in [5.74, 6) is 0. The van der Waals surface area contributed by atoms with E-state index in [-0.39, 0.29) is 12.1 Å². The van der Waals surface area contributed by atoms with Crippen molar-refractivity contribution in [3.05, 3.63) is 17.6 Å². The number of fused-ring (bicyclic) bond motifs is 2. The molecule has 0 radical (unpaired) electrons. The Morgan fingerprint density at radius 2 is 2.30 bits per heavy atom. The third-order valence-corrected chi connectivity index (χ3v) is 4.89. The van der Waals surface area contributed by atoms with Crippen LogP contribution in [0.25, 0.3) is 10.2 Å². The van der Waals surface area contributed by atoms with Gasteiger partial charge in [0.05, 0.1) is 27.6 Å².